The topological polar surface area (TPSA) is 35.5 Å². The van der Waals surface area contributed by atoms with Gasteiger partial charge in [-0.05, 0) is 40.8 Å². The van der Waals surface area contributed by atoms with Gasteiger partial charge in [0.15, 0.2) is 0 Å². The molecular formula is C13H30N2O. The molecule has 0 aromatic rings. The van der Waals surface area contributed by atoms with Gasteiger partial charge in [-0.15, -0.1) is 0 Å². The standard InChI is InChI=1S/C13H30N2O/c1-6-7-8-9-15(12(2)3)10-13(4,11-16)14-5/h12,14,16H,6-11H2,1-5H3. The van der Waals surface area contributed by atoms with Crippen LogP contribution >= 0.6 is 0 Å². The van der Waals surface area contributed by atoms with Gasteiger partial charge in [0.1, 0.15) is 0 Å². The molecule has 0 amide bonds. The fourth-order valence-electron chi connectivity index (χ4n) is 1.74. The van der Waals surface area contributed by atoms with E-state index >= 15 is 0 Å². The van der Waals surface area contributed by atoms with Crippen molar-refractivity contribution >= 4 is 0 Å². The van der Waals surface area contributed by atoms with Crippen molar-refractivity contribution in [2.45, 2.75) is 58.5 Å². The summed E-state index contributed by atoms with van der Waals surface area (Å²) in [6.45, 7) is 11.0. The molecule has 0 rings (SSSR count). The Morgan fingerprint density at radius 1 is 1.31 bits per heavy atom. The Kier molecular flexibility index (Phi) is 7.98. The van der Waals surface area contributed by atoms with Crippen molar-refractivity contribution in [2.75, 3.05) is 26.7 Å². The molecule has 3 heteroatoms. The lowest BCUT2D eigenvalue weighted by atomic mass is 10.0. The number of aliphatic hydroxyl groups is 1. The average molecular weight is 230 g/mol. The zero-order valence-electron chi connectivity index (χ0n) is 11.7. The molecule has 1 unspecified atom stereocenters. The summed E-state index contributed by atoms with van der Waals surface area (Å²) in [5.74, 6) is 0. The summed E-state index contributed by atoms with van der Waals surface area (Å²) >= 11 is 0. The van der Waals surface area contributed by atoms with E-state index in [0.717, 1.165) is 13.1 Å². The largest absolute Gasteiger partial charge is 0.394 e. The Labute approximate surface area is 101 Å². The minimum absolute atomic E-state index is 0.181. The molecule has 0 bridgehead atoms. The summed E-state index contributed by atoms with van der Waals surface area (Å²) in [6, 6.07) is 0.538. The smallest absolute Gasteiger partial charge is 0.0623 e. The third-order valence-corrected chi connectivity index (χ3v) is 3.28. The molecule has 0 aliphatic carbocycles. The van der Waals surface area contributed by atoms with Crippen molar-refractivity contribution in [1.82, 2.24) is 10.2 Å². The van der Waals surface area contributed by atoms with Gasteiger partial charge in [0.25, 0.3) is 0 Å². The van der Waals surface area contributed by atoms with Crippen molar-refractivity contribution in [3.63, 3.8) is 0 Å². The van der Waals surface area contributed by atoms with Gasteiger partial charge in [-0.1, -0.05) is 19.8 Å². The molecule has 16 heavy (non-hydrogen) atoms. The predicted octanol–water partition coefficient (Wildman–Crippen LogP) is 1.86. The van der Waals surface area contributed by atoms with Crippen LogP contribution in [0.15, 0.2) is 0 Å². The second kappa shape index (κ2) is 8.04. The molecule has 0 aromatic carbocycles. The first kappa shape index (κ1) is 15.9. The second-order valence-corrected chi connectivity index (χ2v) is 5.24. The lowest BCUT2D eigenvalue weighted by Crippen LogP contribution is -2.54. The number of unbranched alkanes of at least 4 members (excludes halogenated alkanes) is 2. The molecule has 3 nitrogen and oxygen atoms in total. The van der Waals surface area contributed by atoms with Crippen molar-refractivity contribution in [3.05, 3.63) is 0 Å². The van der Waals surface area contributed by atoms with Gasteiger partial charge in [-0.3, -0.25) is 4.90 Å². The van der Waals surface area contributed by atoms with Crippen LogP contribution in [0.25, 0.3) is 0 Å². The Morgan fingerprint density at radius 3 is 2.31 bits per heavy atom. The lowest BCUT2D eigenvalue weighted by Gasteiger charge is -2.36. The third-order valence-electron chi connectivity index (χ3n) is 3.28. The van der Waals surface area contributed by atoms with Crippen LogP contribution in [-0.2, 0) is 0 Å². The molecular weight excluding hydrogens is 200 g/mol. The van der Waals surface area contributed by atoms with Gasteiger partial charge in [0.2, 0.25) is 0 Å². The second-order valence-electron chi connectivity index (χ2n) is 5.24. The third kappa shape index (κ3) is 5.83. The van der Waals surface area contributed by atoms with Crippen molar-refractivity contribution < 1.29 is 5.11 Å². The fraction of sp³-hybridized carbons (Fsp3) is 1.00. The summed E-state index contributed by atoms with van der Waals surface area (Å²) in [4.78, 5) is 2.45. The van der Waals surface area contributed by atoms with Gasteiger partial charge < -0.3 is 10.4 Å². The number of hydrogen-bond donors (Lipinski definition) is 2. The zero-order valence-corrected chi connectivity index (χ0v) is 11.7. The van der Waals surface area contributed by atoms with Gasteiger partial charge in [0.05, 0.1) is 12.1 Å². The van der Waals surface area contributed by atoms with E-state index in [4.69, 9.17) is 0 Å². The minimum Gasteiger partial charge on any atom is -0.394 e. The summed E-state index contributed by atoms with van der Waals surface area (Å²) in [5, 5.41) is 12.6. The van der Waals surface area contributed by atoms with Crippen molar-refractivity contribution in [3.8, 4) is 0 Å². The first-order chi connectivity index (χ1) is 7.49. The Bertz CT molecular complexity index is 167. The Balaban J connectivity index is 4.21. The van der Waals surface area contributed by atoms with Gasteiger partial charge in [-0.2, -0.15) is 0 Å². The number of nitrogens with zero attached hydrogens (tertiary/aromatic N) is 1. The first-order valence-electron chi connectivity index (χ1n) is 6.53. The van der Waals surface area contributed by atoms with E-state index in [2.05, 4.69) is 37.9 Å². The van der Waals surface area contributed by atoms with Crippen LogP contribution in [0.5, 0.6) is 0 Å². The van der Waals surface area contributed by atoms with Crippen LogP contribution in [0.1, 0.15) is 47.0 Å². The minimum atomic E-state index is -0.184. The SMILES string of the molecule is CCCCCN(CC(C)(CO)NC)C(C)C. The number of hydrogen-bond acceptors (Lipinski definition) is 3. The molecule has 98 valence electrons. The van der Waals surface area contributed by atoms with E-state index in [1.165, 1.54) is 19.3 Å². The molecule has 0 heterocycles. The van der Waals surface area contributed by atoms with Crippen LogP contribution in [-0.4, -0.2) is 48.3 Å². The number of nitrogens with one attached hydrogen (secondary N) is 1. The molecule has 0 fully saturated rings. The maximum absolute atomic E-state index is 9.40. The molecule has 0 aromatic heterocycles. The van der Waals surface area contributed by atoms with E-state index < -0.39 is 0 Å². The normalized spacial score (nSPS) is 15.8. The van der Waals surface area contributed by atoms with Gasteiger partial charge >= 0.3 is 0 Å². The Morgan fingerprint density at radius 2 is 1.94 bits per heavy atom. The van der Waals surface area contributed by atoms with E-state index in [9.17, 15) is 5.11 Å². The maximum atomic E-state index is 9.40. The van der Waals surface area contributed by atoms with Crippen LogP contribution in [0.3, 0.4) is 0 Å². The summed E-state index contributed by atoms with van der Waals surface area (Å²) in [5.41, 5.74) is -0.184. The predicted molar refractivity (Wildman–Crippen MR) is 70.8 cm³/mol. The number of likely N-dealkylation sites (N-methyl/N-ethyl adjacent to an activating group) is 1. The zero-order chi connectivity index (χ0) is 12.6. The van der Waals surface area contributed by atoms with Crippen LogP contribution < -0.4 is 5.32 Å². The molecule has 0 saturated carbocycles. The Hall–Kier alpha value is -0.120. The molecule has 0 radical (unpaired) electrons. The molecule has 0 spiro atoms. The lowest BCUT2D eigenvalue weighted by molar-refractivity contribution is 0.107. The number of rotatable bonds is 9. The fourth-order valence-corrected chi connectivity index (χ4v) is 1.74. The maximum Gasteiger partial charge on any atom is 0.0623 e. The highest BCUT2D eigenvalue weighted by Crippen LogP contribution is 2.10. The van der Waals surface area contributed by atoms with Gasteiger partial charge in [0, 0.05) is 12.6 Å². The number of aliphatic hydroxyl groups excluding tert-OH is 1. The van der Waals surface area contributed by atoms with Crippen molar-refractivity contribution in [1.29, 1.82) is 0 Å². The highest BCUT2D eigenvalue weighted by atomic mass is 16.3. The highest BCUT2D eigenvalue weighted by molar-refractivity contribution is 4.85. The van der Waals surface area contributed by atoms with Gasteiger partial charge in [-0.25, -0.2) is 0 Å². The molecule has 2 N–H and O–H groups in total. The van der Waals surface area contributed by atoms with Crippen molar-refractivity contribution in [2.24, 2.45) is 0 Å². The average Bonchev–Trinajstić information content (AvgIpc) is 2.27. The molecule has 1 atom stereocenters. The van der Waals surface area contributed by atoms with E-state index in [0.29, 0.717) is 6.04 Å². The van der Waals surface area contributed by atoms with Crippen LogP contribution in [0.4, 0.5) is 0 Å². The van der Waals surface area contributed by atoms with Crippen LogP contribution in [0, 0.1) is 0 Å². The monoisotopic (exact) mass is 230 g/mol. The van der Waals surface area contributed by atoms with E-state index in [-0.39, 0.29) is 12.1 Å². The molecule has 0 aliphatic heterocycles. The van der Waals surface area contributed by atoms with E-state index in [1.807, 2.05) is 7.05 Å². The summed E-state index contributed by atoms with van der Waals surface area (Å²) in [6.07, 6.45) is 3.80. The first-order valence-corrected chi connectivity index (χ1v) is 6.53. The summed E-state index contributed by atoms with van der Waals surface area (Å²) in [7, 11) is 1.92. The highest BCUT2D eigenvalue weighted by Gasteiger charge is 2.25. The summed E-state index contributed by atoms with van der Waals surface area (Å²) < 4.78 is 0. The quantitative estimate of drug-likeness (QED) is 0.594. The van der Waals surface area contributed by atoms with E-state index in [1.54, 1.807) is 0 Å². The molecule has 0 aliphatic rings. The van der Waals surface area contributed by atoms with Crippen LogP contribution in [0.2, 0.25) is 0 Å². The molecule has 0 saturated heterocycles.